The largest absolute Gasteiger partial charge is 0.321 e. The molecule has 1 atom stereocenters. The molecule has 1 aromatic rings. The van der Waals surface area contributed by atoms with Gasteiger partial charge in [0.1, 0.15) is 0 Å². The Morgan fingerprint density at radius 1 is 1.38 bits per heavy atom. The summed E-state index contributed by atoms with van der Waals surface area (Å²) in [4.78, 5) is 0. The quantitative estimate of drug-likeness (QED) is 0.696. The predicted octanol–water partition coefficient (Wildman–Crippen LogP) is 2.60. The Bertz CT molecular complexity index is 302. The Morgan fingerprint density at radius 3 is 2.77 bits per heavy atom. The predicted molar refractivity (Wildman–Crippen MR) is 57.5 cm³/mol. The Labute approximate surface area is 79.6 Å². The third kappa shape index (κ3) is 2.56. The van der Waals surface area contributed by atoms with Crippen LogP contribution >= 0.6 is 0 Å². The molecule has 0 saturated carbocycles. The highest BCUT2D eigenvalue weighted by Gasteiger charge is 2.00. The van der Waals surface area contributed by atoms with Crippen LogP contribution in [0.4, 0.5) is 0 Å². The van der Waals surface area contributed by atoms with Gasteiger partial charge in [-0.25, -0.2) is 0 Å². The van der Waals surface area contributed by atoms with E-state index < -0.39 is 0 Å². The molecule has 0 aromatic heterocycles. The van der Waals surface area contributed by atoms with Gasteiger partial charge in [-0.05, 0) is 17.5 Å². The number of hydrogen-bond donors (Lipinski definition) is 1. The first kappa shape index (κ1) is 9.75. The molecule has 0 amide bonds. The van der Waals surface area contributed by atoms with Crippen LogP contribution < -0.4 is 5.73 Å². The molecule has 0 bridgehead atoms. The van der Waals surface area contributed by atoms with Crippen molar-refractivity contribution in [3.63, 3.8) is 0 Å². The molecule has 0 spiro atoms. The maximum atomic E-state index is 5.82. The van der Waals surface area contributed by atoms with Gasteiger partial charge in [-0.2, -0.15) is 0 Å². The Morgan fingerprint density at radius 2 is 2.15 bits per heavy atom. The van der Waals surface area contributed by atoms with Crippen molar-refractivity contribution in [1.82, 2.24) is 0 Å². The van der Waals surface area contributed by atoms with Crippen LogP contribution in [0.3, 0.4) is 0 Å². The Kier molecular flexibility index (Phi) is 3.47. The second-order valence-electron chi connectivity index (χ2n) is 3.00. The van der Waals surface area contributed by atoms with Crippen LogP contribution in [0, 0.1) is 0 Å². The standard InChI is InChI=1S/C12H15N/c1-3-6-10-7-5-8-11(9-10)12(13)4-2/h3-5,7-9,12H,1-2,6,13H2. The second kappa shape index (κ2) is 4.63. The van der Waals surface area contributed by atoms with Gasteiger partial charge in [0.2, 0.25) is 0 Å². The molecule has 1 unspecified atom stereocenters. The topological polar surface area (TPSA) is 26.0 Å². The van der Waals surface area contributed by atoms with Crippen molar-refractivity contribution in [3.8, 4) is 0 Å². The molecule has 1 rings (SSSR count). The van der Waals surface area contributed by atoms with Crippen LogP contribution in [0.1, 0.15) is 17.2 Å². The molecule has 0 radical (unpaired) electrons. The molecular formula is C12H15N. The van der Waals surface area contributed by atoms with Crippen molar-refractivity contribution in [2.24, 2.45) is 5.73 Å². The zero-order chi connectivity index (χ0) is 9.68. The van der Waals surface area contributed by atoms with Crippen molar-refractivity contribution < 1.29 is 0 Å². The summed E-state index contributed by atoms with van der Waals surface area (Å²) in [7, 11) is 0. The highest BCUT2D eigenvalue weighted by molar-refractivity contribution is 5.28. The van der Waals surface area contributed by atoms with E-state index in [2.05, 4.69) is 25.3 Å². The van der Waals surface area contributed by atoms with E-state index in [1.807, 2.05) is 18.2 Å². The number of benzene rings is 1. The number of hydrogen-bond acceptors (Lipinski definition) is 1. The zero-order valence-electron chi connectivity index (χ0n) is 7.74. The monoisotopic (exact) mass is 173 g/mol. The van der Waals surface area contributed by atoms with Gasteiger partial charge in [0.15, 0.2) is 0 Å². The molecule has 0 aliphatic heterocycles. The molecular weight excluding hydrogens is 158 g/mol. The van der Waals surface area contributed by atoms with Gasteiger partial charge in [-0.1, -0.05) is 36.4 Å². The fraction of sp³-hybridized carbons (Fsp3) is 0.167. The van der Waals surface area contributed by atoms with E-state index in [9.17, 15) is 0 Å². The zero-order valence-corrected chi connectivity index (χ0v) is 7.74. The fourth-order valence-electron chi connectivity index (χ4n) is 1.23. The average molecular weight is 173 g/mol. The summed E-state index contributed by atoms with van der Waals surface area (Å²) in [6, 6.07) is 8.12. The summed E-state index contributed by atoms with van der Waals surface area (Å²) in [5, 5.41) is 0. The molecule has 13 heavy (non-hydrogen) atoms. The highest BCUT2D eigenvalue weighted by atomic mass is 14.6. The third-order valence-electron chi connectivity index (χ3n) is 1.97. The Hall–Kier alpha value is -1.34. The van der Waals surface area contributed by atoms with Gasteiger partial charge >= 0.3 is 0 Å². The van der Waals surface area contributed by atoms with Gasteiger partial charge in [0.05, 0.1) is 0 Å². The van der Waals surface area contributed by atoms with Gasteiger partial charge in [-0.15, -0.1) is 13.2 Å². The van der Waals surface area contributed by atoms with Crippen LogP contribution in [0.15, 0.2) is 49.6 Å². The Balaban J connectivity index is 2.90. The van der Waals surface area contributed by atoms with Crippen LogP contribution in [0.5, 0.6) is 0 Å². The molecule has 0 aliphatic carbocycles. The third-order valence-corrected chi connectivity index (χ3v) is 1.97. The first-order valence-electron chi connectivity index (χ1n) is 4.36. The lowest BCUT2D eigenvalue weighted by Gasteiger charge is -2.07. The maximum Gasteiger partial charge on any atom is 0.0478 e. The molecule has 1 heteroatoms. The average Bonchev–Trinajstić information content (AvgIpc) is 2.18. The van der Waals surface area contributed by atoms with E-state index >= 15 is 0 Å². The summed E-state index contributed by atoms with van der Waals surface area (Å²) in [5.41, 5.74) is 8.16. The molecule has 0 aliphatic rings. The molecule has 0 saturated heterocycles. The van der Waals surface area contributed by atoms with Gasteiger partial charge < -0.3 is 5.73 Å². The molecule has 1 nitrogen and oxygen atoms in total. The summed E-state index contributed by atoms with van der Waals surface area (Å²) in [6.45, 7) is 7.37. The smallest absolute Gasteiger partial charge is 0.0478 e. The maximum absolute atomic E-state index is 5.82. The van der Waals surface area contributed by atoms with E-state index in [4.69, 9.17) is 5.73 Å². The molecule has 68 valence electrons. The SMILES string of the molecule is C=CCc1cccc(C(N)C=C)c1. The molecule has 0 fully saturated rings. The minimum Gasteiger partial charge on any atom is -0.321 e. The van der Waals surface area contributed by atoms with E-state index in [1.54, 1.807) is 6.08 Å². The molecule has 1 aromatic carbocycles. The normalized spacial score (nSPS) is 12.1. The highest BCUT2D eigenvalue weighted by Crippen LogP contribution is 2.13. The van der Waals surface area contributed by atoms with Crippen LogP contribution in [0.25, 0.3) is 0 Å². The first-order chi connectivity index (χ1) is 6.27. The number of nitrogens with two attached hydrogens (primary N) is 1. The molecule has 0 heterocycles. The first-order valence-corrected chi connectivity index (χ1v) is 4.36. The van der Waals surface area contributed by atoms with Gasteiger partial charge in [-0.3, -0.25) is 0 Å². The van der Waals surface area contributed by atoms with Gasteiger partial charge in [0.25, 0.3) is 0 Å². The van der Waals surface area contributed by atoms with Crippen molar-refractivity contribution in [3.05, 3.63) is 60.7 Å². The van der Waals surface area contributed by atoms with Crippen LogP contribution in [-0.4, -0.2) is 0 Å². The lowest BCUT2D eigenvalue weighted by atomic mass is 10.0. The number of rotatable bonds is 4. The number of allylic oxidation sites excluding steroid dienone is 1. The van der Waals surface area contributed by atoms with Crippen molar-refractivity contribution in [2.75, 3.05) is 0 Å². The fourth-order valence-corrected chi connectivity index (χ4v) is 1.23. The summed E-state index contributed by atoms with van der Waals surface area (Å²) >= 11 is 0. The minimum absolute atomic E-state index is 0.0650. The summed E-state index contributed by atoms with van der Waals surface area (Å²) in [6.07, 6.45) is 4.52. The molecule has 2 N–H and O–H groups in total. The minimum atomic E-state index is -0.0650. The lowest BCUT2D eigenvalue weighted by molar-refractivity contribution is 0.910. The van der Waals surface area contributed by atoms with E-state index in [0.29, 0.717) is 0 Å². The van der Waals surface area contributed by atoms with Gasteiger partial charge in [0, 0.05) is 6.04 Å². The lowest BCUT2D eigenvalue weighted by Crippen LogP contribution is -2.06. The summed E-state index contributed by atoms with van der Waals surface area (Å²) < 4.78 is 0. The van der Waals surface area contributed by atoms with Crippen LogP contribution in [0.2, 0.25) is 0 Å². The van der Waals surface area contributed by atoms with Crippen molar-refractivity contribution >= 4 is 0 Å². The second-order valence-corrected chi connectivity index (χ2v) is 3.00. The van der Waals surface area contributed by atoms with Crippen LogP contribution in [-0.2, 0) is 6.42 Å². The van der Waals surface area contributed by atoms with Crippen molar-refractivity contribution in [2.45, 2.75) is 12.5 Å². The van der Waals surface area contributed by atoms with E-state index in [1.165, 1.54) is 5.56 Å². The van der Waals surface area contributed by atoms with Crippen molar-refractivity contribution in [1.29, 1.82) is 0 Å². The van der Waals surface area contributed by atoms with E-state index in [0.717, 1.165) is 12.0 Å². The van der Waals surface area contributed by atoms with E-state index in [-0.39, 0.29) is 6.04 Å². The summed E-state index contributed by atoms with van der Waals surface area (Å²) in [5.74, 6) is 0.